The number of thioether (sulfide) groups is 1. The highest BCUT2D eigenvalue weighted by Gasteiger charge is 2.33. The number of halogens is 1. The summed E-state index contributed by atoms with van der Waals surface area (Å²) in [5.41, 5.74) is 1.60. The highest BCUT2D eigenvalue weighted by molar-refractivity contribution is 8.15. The van der Waals surface area contributed by atoms with Crippen molar-refractivity contribution in [2.75, 3.05) is 17.2 Å². The number of esters is 1. The lowest BCUT2D eigenvalue weighted by molar-refractivity contribution is 0.0467. The third kappa shape index (κ3) is 3.24. The molecule has 2 aliphatic rings. The van der Waals surface area contributed by atoms with Gasteiger partial charge >= 0.3 is 5.97 Å². The van der Waals surface area contributed by atoms with Crippen LogP contribution >= 0.6 is 34.9 Å². The van der Waals surface area contributed by atoms with E-state index in [2.05, 4.69) is 14.0 Å². The van der Waals surface area contributed by atoms with Crippen LogP contribution in [0.1, 0.15) is 16.1 Å². The molecule has 4 rings (SSSR count). The van der Waals surface area contributed by atoms with Crippen LogP contribution in [-0.4, -0.2) is 41.4 Å². The molecule has 0 amide bonds. The molecule has 0 N–H and O–H groups in total. The normalized spacial score (nSPS) is 17.6. The Morgan fingerprint density at radius 1 is 1.40 bits per heavy atom. The standard InChI is InChI=1S/C13H9ClN4O4S3/c14-11-8(15-17-24-11)6-22-12(19)7-1-2-9-10(5-7)23-13-16-25(20,21)4-3-18(9)13/h1-2,5H,3-4,6H2. The van der Waals surface area contributed by atoms with Gasteiger partial charge in [-0.2, -0.15) is 0 Å². The number of fused-ring (bicyclic) bond motifs is 3. The summed E-state index contributed by atoms with van der Waals surface area (Å²) in [6.45, 7) is 0.287. The Labute approximate surface area is 156 Å². The number of carbonyl (C=O) groups is 1. The largest absolute Gasteiger partial charge is 0.455 e. The minimum absolute atomic E-state index is 0.0251. The third-order valence-corrected chi connectivity index (χ3v) is 6.85. The molecule has 1 aromatic carbocycles. The molecule has 3 heterocycles. The lowest BCUT2D eigenvalue weighted by Gasteiger charge is -2.22. The van der Waals surface area contributed by atoms with Crippen LogP contribution in [0.3, 0.4) is 0 Å². The number of anilines is 1. The maximum atomic E-state index is 12.2. The fraction of sp³-hybridized carbons (Fsp3) is 0.231. The van der Waals surface area contributed by atoms with E-state index in [9.17, 15) is 13.2 Å². The molecule has 12 heteroatoms. The first-order valence-electron chi connectivity index (χ1n) is 6.99. The molecular formula is C13H9ClN4O4S3. The summed E-state index contributed by atoms with van der Waals surface area (Å²) in [7, 11) is -3.41. The van der Waals surface area contributed by atoms with Crippen molar-refractivity contribution in [3.63, 3.8) is 0 Å². The quantitative estimate of drug-likeness (QED) is 0.701. The van der Waals surface area contributed by atoms with Crippen LogP contribution in [-0.2, 0) is 21.4 Å². The second-order valence-corrected chi connectivity index (χ2v) is 9.29. The molecule has 0 aliphatic carbocycles. The molecule has 0 radical (unpaired) electrons. The van der Waals surface area contributed by atoms with Crippen molar-refractivity contribution in [1.82, 2.24) is 9.59 Å². The Morgan fingerprint density at radius 3 is 3.00 bits per heavy atom. The Bertz CT molecular complexity index is 1000. The van der Waals surface area contributed by atoms with Crippen LogP contribution in [0.4, 0.5) is 5.69 Å². The zero-order valence-electron chi connectivity index (χ0n) is 12.4. The number of aromatic nitrogens is 2. The summed E-state index contributed by atoms with van der Waals surface area (Å²) in [4.78, 5) is 14.8. The first-order valence-corrected chi connectivity index (χ1v) is 10.6. The molecule has 0 saturated carbocycles. The number of hydrogen-bond donors (Lipinski definition) is 0. The van der Waals surface area contributed by atoms with Gasteiger partial charge in [0.1, 0.15) is 16.6 Å². The molecular weight excluding hydrogens is 408 g/mol. The van der Waals surface area contributed by atoms with E-state index in [1.54, 1.807) is 18.2 Å². The van der Waals surface area contributed by atoms with Gasteiger partial charge in [-0.1, -0.05) is 16.1 Å². The summed E-state index contributed by atoms with van der Waals surface area (Å²) in [6.07, 6.45) is 0. The topological polar surface area (TPSA) is 102 Å². The summed E-state index contributed by atoms with van der Waals surface area (Å²) >= 11 is 8.11. The van der Waals surface area contributed by atoms with Crippen molar-refractivity contribution in [3.05, 3.63) is 33.8 Å². The molecule has 2 aromatic rings. The van der Waals surface area contributed by atoms with Crippen molar-refractivity contribution < 1.29 is 17.9 Å². The molecule has 1 aromatic heterocycles. The van der Waals surface area contributed by atoms with Crippen molar-refractivity contribution in [3.8, 4) is 0 Å². The summed E-state index contributed by atoms with van der Waals surface area (Å²) in [6, 6.07) is 5.06. The zero-order chi connectivity index (χ0) is 17.6. The average Bonchev–Trinajstić information content (AvgIpc) is 3.13. The predicted molar refractivity (Wildman–Crippen MR) is 94.9 cm³/mol. The fourth-order valence-electron chi connectivity index (χ4n) is 2.36. The molecule has 0 fully saturated rings. The van der Waals surface area contributed by atoms with E-state index >= 15 is 0 Å². The van der Waals surface area contributed by atoms with Gasteiger partial charge < -0.3 is 9.64 Å². The maximum Gasteiger partial charge on any atom is 0.338 e. The third-order valence-electron chi connectivity index (χ3n) is 3.56. The first kappa shape index (κ1) is 16.8. The predicted octanol–water partition coefficient (Wildman–Crippen LogP) is 2.16. The molecule has 2 aliphatic heterocycles. The van der Waals surface area contributed by atoms with E-state index in [-0.39, 0.29) is 12.4 Å². The van der Waals surface area contributed by atoms with Crippen molar-refractivity contribution >= 4 is 61.7 Å². The molecule has 0 unspecified atom stereocenters. The van der Waals surface area contributed by atoms with E-state index in [4.69, 9.17) is 16.3 Å². The number of sulfonamides is 1. The van der Waals surface area contributed by atoms with E-state index in [1.807, 2.05) is 4.90 Å². The molecule has 0 spiro atoms. The second kappa shape index (κ2) is 6.24. The molecule has 130 valence electrons. The Hall–Kier alpha value is -1.69. The molecule has 0 saturated heterocycles. The van der Waals surface area contributed by atoms with Crippen LogP contribution < -0.4 is 4.90 Å². The average molecular weight is 417 g/mol. The molecule has 8 nitrogen and oxygen atoms in total. The SMILES string of the molecule is O=C(OCc1nnsc1Cl)c1ccc2c(c1)SC1=NS(=O)(=O)CCN12. The van der Waals surface area contributed by atoms with Crippen molar-refractivity contribution in [2.24, 2.45) is 4.40 Å². The summed E-state index contributed by atoms with van der Waals surface area (Å²) in [5, 5.41) is 4.19. The Morgan fingerprint density at radius 2 is 2.24 bits per heavy atom. The highest BCUT2D eigenvalue weighted by atomic mass is 35.5. The number of amidine groups is 1. The summed E-state index contributed by atoms with van der Waals surface area (Å²) < 4.78 is 36.3. The van der Waals surface area contributed by atoms with Gasteiger partial charge in [-0.3, -0.25) is 0 Å². The number of benzene rings is 1. The lowest BCUT2D eigenvalue weighted by Crippen LogP contribution is -2.35. The van der Waals surface area contributed by atoms with Gasteiger partial charge in [0.15, 0.2) is 5.17 Å². The first-order chi connectivity index (χ1) is 11.9. The molecule has 0 bridgehead atoms. The maximum absolute atomic E-state index is 12.2. The van der Waals surface area contributed by atoms with Gasteiger partial charge in [0.2, 0.25) is 0 Å². The van der Waals surface area contributed by atoms with Gasteiger partial charge in [-0.25, -0.2) is 13.2 Å². The van der Waals surface area contributed by atoms with Gasteiger partial charge in [0, 0.05) is 23.0 Å². The van der Waals surface area contributed by atoms with E-state index in [1.165, 1.54) is 11.8 Å². The summed E-state index contributed by atoms with van der Waals surface area (Å²) in [5.74, 6) is -0.546. The number of hydrogen-bond acceptors (Lipinski definition) is 9. The van der Waals surface area contributed by atoms with Crippen LogP contribution in [0.25, 0.3) is 0 Å². The zero-order valence-corrected chi connectivity index (χ0v) is 15.6. The van der Waals surface area contributed by atoms with Gasteiger partial charge in [-0.05, 0) is 30.0 Å². The Balaban J connectivity index is 1.53. The van der Waals surface area contributed by atoms with Gasteiger partial charge in [0.25, 0.3) is 10.0 Å². The minimum atomic E-state index is -3.41. The van der Waals surface area contributed by atoms with Gasteiger partial charge in [0.05, 0.1) is 17.0 Å². The number of ether oxygens (including phenoxy) is 1. The molecule has 25 heavy (non-hydrogen) atoms. The minimum Gasteiger partial charge on any atom is -0.455 e. The van der Waals surface area contributed by atoms with E-state index in [0.29, 0.717) is 27.3 Å². The lowest BCUT2D eigenvalue weighted by atomic mass is 10.2. The smallest absolute Gasteiger partial charge is 0.338 e. The van der Waals surface area contributed by atoms with Crippen LogP contribution in [0, 0.1) is 0 Å². The monoisotopic (exact) mass is 416 g/mol. The Kier molecular flexibility index (Phi) is 4.18. The van der Waals surface area contributed by atoms with E-state index < -0.39 is 16.0 Å². The molecule has 0 atom stereocenters. The van der Waals surface area contributed by atoms with Crippen molar-refractivity contribution in [1.29, 1.82) is 0 Å². The van der Waals surface area contributed by atoms with Crippen molar-refractivity contribution in [2.45, 2.75) is 11.5 Å². The van der Waals surface area contributed by atoms with Crippen LogP contribution in [0.5, 0.6) is 0 Å². The van der Waals surface area contributed by atoms with Crippen LogP contribution in [0.15, 0.2) is 27.5 Å². The highest BCUT2D eigenvalue weighted by Crippen LogP contribution is 2.42. The van der Waals surface area contributed by atoms with Crippen LogP contribution in [0.2, 0.25) is 4.34 Å². The number of rotatable bonds is 3. The van der Waals surface area contributed by atoms with Gasteiger partial charge in [-0.15, -0.1) is 9.50 Å². The van der Waals surface area contributed by atoms with E-state index in [0.717, 1.165) is 22.1 Å². The fourth-order valence-corrected chi connectivity index (χ4v) is 5.26. The second-order valence-electron chi connectivity index (χ2n) is 5.17. The number of nitrogens with zero attached hydrogens (tertiary/aromatic N) is 4. The number of carbonyl (C=O) groups excluding carboxylic acids is 1.